The molecule has 0 amide bonds. The fraction of sp³-hybridized carbons (Fsp3) is 0.571. The molecule has 2 nitrogen and oxygen atoms in total. The molecule has 3 heteroatoms. The summed E-state index contributed by atoms with van der Waals surface area (Å²) in [5.41, 5.74) is 7.84. The molecular weight excluding hydrogens is 276 g/mol. The molecule has 1 aliphatic carbocycles. The lowest BCUT2D eigenvalue weighted by atomic mass is 9.86. The van der Waals surface area contributed by atoms with Gasteiger partial charge >= 0.3 is 0 Å². The third-order valence-corrected chi connectivity index (χ3v) is 4.44. The Kier molecular flexibility index (Phi) is 3.97. The smallest absolute Gasteiger partial charge is 0.0512 e. The van der Waals surface area contributed by atoms with Gasteiger partial charge in [0.15, 0.2) is 0 Å². The summed E-state index contributed by atoms with van der Waals surface area (Å²) in [5, 5.41) is 0. The van der Waals surface area contributed by atoms with E-state index in [1.807, 2.05) is 12.1 Å². The first-order valence-corrected chi connectivity index (χ1v) is 7.15. The molecule has 0 aliphatic heterocycles. The average Bonchev–Trinajstić information content (AvgIpc) is 2.28. The van der Waals surface area contributed by atoms with Gasteiger partial charge in [0.25, 0.3) is 0 Å². The Morgan fingerprint density at radius 2 is 2.12 bits per heavy atom. The van der Waals surface area contributed by atoms with Crippen LogP contribution in [-0.4, -0.2) is 13.1 Å². The lowest BCUT2D eigenvalue weighted by molar-refractivity contribution is 0.336. The van der Waals surface area contributed by atoms with Gasteiger partial charge in [-0.15, -0.1) is 0 Å². The van der Waals surface area contributed by atoms with E-state index in [1.165, 1.54) is 31.4 Å². The third-order valence-electron chi connectivity index (χ3n) is 3.81. The summed E-state index contributed by atoms with van der Waals surface area (Å²) in [6.45, 7) is 2.36. The largest absolute Gasteiger partial charge is 0.399 e. The van der Waals surface area contributed by atoms with E-state index in [0.29, 0.717) is 6.04 Å². The van der Waals surface area contributed by atoms with Crippen molar-refractivity contribution in [3.63, 3.8) is 0 Å². The van der Waals surface area contributed by atoms with Gasteiger partial charge in [-0.1, -0.05) is 19.8 Å². The Hall–Kier alpha value is -0.700. The van der Waals surface area contributed by atoms with E-state index in [-0.39, 0.29) is 0 Å². The van der Waals surface area contributed by atoms with Gasteiger partial charge in [0.05, 0.1) is 5.69 Å². The van der Waals surface area contributed by atoms with Gasteiger partial charge in [-0.2, -0.15) is 0 Å². The van der Waals surface area contributed by atoms with E-state index in [0.717, 1.165) is 16.1 Å². The van der Waals surface area contributed by atoms with Gasteiger partial charge in [0, 0.05) is 23.2 Å². The SMILES string of the molecule is CC1CCCC(N(C)c2ccc(N)cc2Br)C1. The Labute approximate surface area is 112 Å². The van der Waals surface area contributed by atoms with Crippen LogP contribution in [0.25, 0.3) is 0 Å². The normalized spacial score (nSPS) is 24.6. The fourth-order valence-corrected chi connectivity index (χ4v) is 3.44. The van der Waals surface area contributed by atoms with Crippen molar-refractivity contribution in [1.82, 2.24) is 0 Å². The molecule has 1 aromatic rings. The van der Waals surface area contributed by atoms with Crippen LogP contribution in [-0.2, 0) is 0 Å². The molecule has 1 aliphatic rings. The maximum absolute atomic E-state index is 5.78. The predicted octanol–water partition coefficient (Wildman–Crippen LogP) is 4.05. The highest BCUT2D eigenvalue weighted by Crippen LogP contribution is 2.33. The van der Waals surface area contributed by atoms with Crippen LogP contribution in [0.1, 0.15) is 32.6 Å². The lowest BCUT2D eigenvalue weighted by Gasteiger charge is -2.36. The Bertz CT molecular complexity index is 392. The third kappa shape index (κ3) is 2.95. The van der Waals surface area contributed by atoms with Crippen LogP contribution in [0.5, 0.6) is 0 Å². The number of nitrogens with two attached hydrogens (primary N) is 1. The molecule has 0 aromatic heterocycles. The number of hydrogen-bond acceptors (Lipinski definition) is 2. The van der Waals surface area contributed by atoms with Gasteiger partial charge in [0.1, 0.15) is 0 Å². The molecule has 0 heterocycles. The van der Waals surface area contributed by atoms with Crippen molar-refractivity contribution in [2.24, 2.45) is 5.92 Å². The quantitative estimate of drug-likeness (QED) is 0.835. The number of anilines is 2. The summed E-state index contributed by atoms with van der Waals surface area (Å²) < 4.78 is 1.10. The second kappa shape index (κ2) is 5.30. The van der Waals surface area contributed by atoms with Crippen LogP contribution in [0.15, 0.2) is 22.7 Å². The molecule has 1 fully saturated rings. The minimum Gasteiger partial charge on any atom is -0.399 e. The van der Waals surface area contributed by atoms with E-state index in [2.05, 4.69) is 40.9 Å². The van der Waals surface area contributed by atoms with Gasteiger partial charge in [-0.3, -0.25) is 0 Å². The molecule has 2 atom stereocenters. The van der Waals surface area contributed by atoms with Gasteiger partial charge in [-0.05, 0) is 52.9 Å². The van der Waals surface area contributed by atoms with Crippen LogP contribution >= 0.6 is 15.9 Å². The molecule has 1 aromatic carbocycles. The summed E-state index contributed by atoms with van der Waals surface area (Å²) in [5.74, 6) is 0.851. The fourth-order valence-electron chi connectivity index (χ4n) is 2.76. The highest BCUT2D eigenvalue weighted by Gasteiger charge is 2.23. The van der Waals surface area contributed by atoms with Crippen molar-refractivity contribution >= 4 is 27.3 Å². The van der Waals surface area contributed by atoms with Crippen molar-refractivity contribution in [1.29, 1.82) is 0 Å². The van der Waals surface area contributed by atoms with E-state index in [4.69, 9.17) is 5.73 Å². The van der Waals surface area contributed by atoms with Crippen LogP contribution in [0, 0.1) is 5.92 Å². The number of halogens is 1. The predicted molar refractivity (Wildman–Crippen MR) is 78.4 cm³/mol. The van der Waals surface area contributed by atoms with Crippen molar-refractivity contribution in [2.75, 3.05) is 17.7 Å². The highest BCUT2D eigenvalue weighted by atomic mass is 79.9. The second-order valence-corrected chi connectivity index (χ2v) is 6.10. The number of nitrogens with zero attached hydrogens (tertiary/aromatic N) is 1. The number of rotatable bonds is 2. The Balaban J connectivity index is 2.15. The summed E-state index contributed by atoms with van der Waals surface area (Å²) in [4.78, 5) is 2.40. The molecule has 1 saturated carbocycles. The zero-order chi connectivity index (χ0) is 12.4. The molecule has 2 unspecified atom stereocenters. The maximum atomic E-state index is 5.78. The summed E-state index contributed by atoms with van der Waals surface area (Å²) in [6, 6.07) is 6.73. The summed E-state index contributed by atoms with van der Waals surface area (Å²) >= 11 is 3.61. The van der Waals surface area contributed by atoms with Gasteiger partial charge in [0.2, 0.25) is 0 Å². The molecule has 0 radical (unpaired) electrons. The first-order chi connectivity index (χ1) is 8.08. The van der Waals surface area contributed by atoms with Crippen LogP contribution in [0.2, 0.25) is 0 Å². The zero-order valence-corrected chi connectivity index (χ0v) is 12.2. The number of hydrogen-bond donors (Lipinski definition) is 1. The van der Waals surface area contributed by atoms with E-state index in [1.54, 1.807) is 0 Å². The number of nitrogen functional groups attached to an aromatic ring is 1. The molecule has 17 heavy (non-hydrogen) atoms. The van der Waals surface area contributed by atoms with Crippen molar-refractivity contribution in [3.8, 4) is 0 Å². The molecule has 0 spiro atoms. The van der Waals surface area contributed by atoms with E-state index >= 15 is 0 Å². The lowest BCUT2D eigenvalue weighted by Crippen LogP contribution is -2.35. The first kappa shape index (κ1) is 12.7. The van der Waals surface area contributed by atoms with E-state index in [9.17, 15) is 0 Å². The molecule has 0 saturated heterocycles. The molecule has 0 bridgehead atoms. The van der Waals surface area contributed by atoms with Crippen molar-refractivity contribution in [2.45, 2.75) is 38.6 Å². The summed E-state index contributed by atoms with van der Waals surface area (Å²) in [6.07, 6.45) is 5.33. The van der Waals surface area contributed by atoms with Gasteiger partial charge in [-0.25, -0.2) is 0 Å². The summed E-state index contributed by atoms with van der Waals surface area (Å²) in [7, 11) is 2.19. The molecular formula is C14H21BrN2. The maximum Gasteiger partial charge on any atom is 0.0512 e. The molecule has 2 rings (SSSR count). The Morgan fingerprint density at radius 1 is 1.35 bits per heavy atom. The average molecular weight is 297 g/mol. The first-order valence-electron chi connectivity index (χ1n) is 6.36. The minimum atomic E-state index is 0.665. The number of benzene rings is 1. The Morgan fingerprint density at radius 3 is 2.76 bits per heavy atom. The van der Waals surface area contributed by atoms with E-state index < -0.39 is 0 Å². The molecule has 2 N–H and O–H groups in total. The minimum absolute atomic E-state index is 0.665. The highest BCUT2D eigenvalue weighted by molar-refractivity contribution is 9.10. The van der Waals surface area contributed by atoms with Gasteiger partial charge < -0.3 is 10.6 Å². The molecule has 94 valence electrons. The van der Waals surface area contributed by atoms with Crippen molar-refractivity contribution < 1.29 is 0 Å². The van der Waals surface area contributed by atoms with Crippen molar-refractivity contribution in [3.05, 3.63) is 22.7 Å². The topological polar surface area (TPSA) is 29.3 Å². The van der Waals surface area contributed by atoms with Crippen LogP contribution in [0.4, 0.5) is 11.4 Å². The van der Waals surface area contributed by atoms with Crippen LogP contribution < -0.4 is 10.6 Å². The standard InChI is InChI=1S/C14H21BrN2/c1-10-4-3-5-12(8-10)17(2)14-7-6-11(16)9-13(14)15/h6-7,9-10,12H,3-5,8,16H2,1-2H3. The monoisotopic (exact) mass is 296 g/mol. The van der Waals surface area contributed by atoms with Crippen LogP contribution in [0.3, 0.4) is 0 Å². The second-order valence-electron chi connectivity index (χ2n) is 5.25. The zero-order valence-electron chi connectivity index (χ0n) is 10.6.